The fourth-order valence-electron chi connectivity index (χ4n) is 5.38. The maximum absolute atomic E-state index is 13.8. The highest BCUT2D eigenvalue weighted by Gasteiger charge is 2.52. The first-order chi connectivity index (χ1) is 17.9. The van der Waals surface area contributed by atoms with Crippen LogP contribution in [-0.4, -0.2) is 64.5 Å². The van der Waals surface area contributed by atoms with Crippen LogP contribution in [0.2, 0.25) is 0 Å². The molecule has 2 aliphatic rings. The van der Waals surface area contributed by atoms with Crippen LogP contribution in [0.1, 0.15) is 73.7 Å². The molecule has 3 atom stereocenters. The molecule has 0 saturated carbocycles. The second-order valence-corrected chi connectivity index (χ2v) is 12.6. The van der Waals surface area contributed by atoms with Crippen LogP contribution < -0.4 is 5.32 Å². The van der Waals surface area contributed by atoms with Gasteiger partial charge in [0.2, 0.25) is 5.91 Å². The van der Waals surface area contributed by atoms with Crippen LogP contribution in [0.25, 0.3) is 0 Å². The van der Waals surface area contributed by atoms with E-state index in [9.17, 15) is 19.2 Å². The summed E-state index contributed by atoms with van der Waals surface area (Å²) in [4.78, 5) is 56.4. The topological polar surface area (TPSA) is 86.8 Å². The van der Waals surface area contributed by atoms with Gasteiger partial charge in [-0.05, 0) is 60.1 Å². The third-order valence-electron chi connectivity index (χ3n) is 7.36. The summed E-state index contributed by atoms with van der Waals surface area (Å²) >= 11 is 3.39. The summed E-state index contributed by atoms with van der Waals surface area (Å²) in [6, 6.07) is 12.7. The highest BCUT2D eigenvalue weighted by molar-refractivity contribution is 9.10. The number of nitrogens with one attached hydrogen (secondary N) is 1. The van der Waals surface area contributed by atoms with E-state index >= 15 is 0 Å². The van der Waals surface area contributed by atoms with Gasteiger partial charge in [0.05, 0.1) is 12.6 Å². The van der Waals surface area contributed by atoms with Gasteiger partial charge in [-0.25, -0.2) is 0 Å². The lowest BCUT2D eigenvalue weighted by Gasteiger charge is -2.29. The Bertz CT molecular complexity index is 1230. The zero-order chi connectivity index (χ0) is 27.8. The first kappa shape index (κ1) is 28.0. The Morgan fingerprint density at radius 1 is 1.03 bits per heavy atom. The molecule has 0 bridgehead atoms. The third kappa shape index (κ3) is 5.85. The number of halogens is 1. The van der Waals surface area contributed by atoms with Crippen molar-refractivity contribution in [1.29, 1.82) is 0 Å². The van der Waals surface area contributed by atoms with Gasteiger partial charge in [0.25, 0.3) is 11.8 Å². The maximum Gasteiger partial charge on any atom is 0.254 e. The lowest BCUT2D eigenvalue weighted by atomic mass is 9.86. The summed E-state index contributed by atoms with van der Waals surface area (Å²) in [5.41, 5.74) is 2.08. The van der Waals surface area contributed by atoms with Crippen LogP contribution in [-0.2, 0) is 15.0 Å². The van der Waals surface area contributed by atoms with E-state index in [1.807, 2.05) is 32.0 Å². The van der Waals surface area contributed by atoms with Crippen LogP contribution >= 0.6 is 15.9 Å². The molecule has 8 heteroatoms. The molecule has 0 aromatic heterocycles. The quantitative estimate of drug-likeness (QED) is 0.540. The van der Waals surface area contributed by atoms with Crippen LogP contribution in [0.5, 0.6) is 0 Å². The van der Waals surface area contributed by atoms with Gasteiger partial charge in [-0.1, -0.05) is 68.7 Å². The number of likely N-dealkylation sites (tertiary alicyclic amines) is 2. The molecule has 0 aliphatic carbocycles. The molecular weight excluding hydrogens is 546 g/mol. The molecule has 2 aromatic carbocycles. The van der Waals surface area contributed by atoms with Crippen molar-refractivity contribution >= 4 is 39.4 Å². The van der Waals surface area contributed by atoms with Crippen molar-refractivity contribution in [1.82, 2.24) is 15.1 Å². The molecule has 2 aromatic rings. The molecule has 2 fully saturated rings. The number of carbonyl (C=O) groups is 4. The molecule has 7 nitrogen and oxygen atoms in total. The Morgan fingerprint density at radius 2 is 1.71 bits per heavy atom. The van der Waals surface area contributed by atoms with Crippen LogP contribution in [0.15, 0.2) is 53.0 Å². The van der Waals surface area contributed by atoms with Gasteiger partial charge in [0.1, 0.15) is 12.1 Å². The number of benzene rings is 2. The second-order valence-electron chi connectivity index (χ2n) is 11.7. The highest BCUT2D eigenvalue weighted by Crippen LogP contribution is 2.32. The molecule has 2 unspecified atom stereocenters. The highest BCUT2D eigenvalue weighted by atomic mass is 79.9. The fraction of sp³-hybridized carbons (Fsp3) is 0.467. The van der Waals surface area contributed by atoms with Gasteiger partial charge in [-0.15, -0.1) is 0 Å². The molecule has 4 rings (SSSR count). The second kappa shape index (κ2) is 11.0. The molecule has 0 radical (unpaired) electrons. The molecule has 2 saturated heterocycles. The van der Waals surface area contributed by atoms with Gasteiger partial charge in [-0.2, -0.15) is 0 Å². The molecule has 1 N–H and O–H groups in total. The van der Waals surface area contributed by atoms with E-state index in [1.54, 1.807) is 40.1 Å². The number of amides is 3. The van der Waals surface area contributed by atoms with Gasteiger partial charge >= 0.3 is 0 Å². The molecule has 2 aliphatic heterocycles. The molecule has 0 spiro atoms. The van der Waals surface area contributed by atoms with E-state index < -0.39 is 12.1 Å². The predicted molar refractivity (Wildman–Crippen MR) is 150 cm³/mol. The molecule has 2 heterocycles. The van der Waals surface area contributed by atoms with Crippen molar-refractivity contribution in [2.24, 2.45) is 5.92 Å². The van der Waals surface area contributed by atoms with Gasteiger partial charge in [0.15, 0.2) is 5.78 Å². The normalized spacial score (nSPS) is 20.0. The van der Waals surface area contributed by atoms with Gasteiger partial charge in [-0.3, -0.25) is 19.2 Å². The predicted octanol–water partition coefficient (Wildman–Crippen LogP) is 4.59. The van der Waals surface area contributed by atoms with Crippen molar-refractivity contribution in [2.75, 3.05) is 13.1 Å². The van der Waals surface area contributed by atoms with Crippen LogP contribution in [0.4, 0.5) is 0 Å². The maximum atomic E-state index is 13.8. The smallest absolute Gasteiger partial charge is 0.254 e. The Kier molecular flexibility index (Phi) is 8.12. The number of nitrogens with zero attached hydrogens (tertiary/aromatic N) is 2. The Morgan fingerprint density at radius 3 is 2.32 bits per heavy atom. The van der Waals surface area contributed by atoms with E-state index in [1.165, 1.54) is 0 Å². The van der Waals surface area contributed by atoms with E-state index in [4.69, 9.17) is 0 Å². The van der Waals surface area contributed by atoms with Crippen molar-refractivity contribution in [3.63, 3.8) is 0 Å². The minimum absolute atomic E-state index is 0.0220. The minimum Gasteiger partial charge on any atom is -0.340 e. The van der Waals surface area contributed by atoms with Crippen molar-refractivity contribution < 1.29 is 19.2 Å². The number of rotatable bonds is 6. The van der Waals surface area contributed by atoms with Crippen molar-refractivity contribution in [3.8, 4) is 0 Å². The summed E-state index contributed by atoms with van der Waals surface area (Å²) in [6.07, 6.45) is 0.978. The van der Waals surface area contributed by atoms with E-state index in [0.717, 1.165) is 10.0 Å². The van der Waals surface area contributed by atoms with E-state index in [2.05, 4.69) is 42.0 Å². The molecular formula is C30H36BrN3O4. The third-order valence-corrected chi connectivity index (χ3v) is 7.85. The number of ketones is 1. The summed E-state index contributed by atoms with van der Waals surface area (Å²) in [7, 11) is 0. The summed E-state index contributed by atoms with van der Waals surface area (Å²) in [5, 5.41) is 2.93. The van der Waals surface area contributed by atoms with Crippen molar-refractivity contribution in [2.45, 2.75) is 71.0 Å². The fourth-order valence-corrected chi connectivity index (χ4v) is 5.78. The molecule has 202 valence electrons. The van der Waals surface area contributed by atoms with Crippen molar-refractivity contribution in [3.05, 3.63) is 69.7 Å². The summed E-state index contributed by atoms with van der Waals surface area (Å²) in [6.45, 7) is 10.7. The molecule has 38 heavy (non-hydrogen) atoms. The lowest BCUT2D eigenvalue weighted by molar-refractivity contribution is -0.138. The SMILES string of the molecule is CC(C)C[C@H](NC(=O)c1ccc(C(C)(C)C)cc1)C(=O)N1CCC2C1C(=O)CN2C(=O)c1cccc(Br)c1. The number of hydrogen-bond donors (Lipinski definition) is 1. The first-order valence-corrected chi connectivity index (χ1v) is 14.0. The molecule has 3 amide bonds. The average Bonchev–Trinajstić information content (AvgIpc) is 3.43. The average molecular weight is 583 g/mol. The monoisotopic (exact) mass is 581 g/mol. The number of fused-ring (bicyclic) bond motifs is 1. The Labute approximate surface area is 233 Å². The number of hydrogen-bond acceptors (Lipinski definition) is 4. The first-order valence-electron chi connectivity index (χ1n) is 13.2. The number of Topliss-reactive ketones (excluding diaryl/α,β-unsaturated/α-hetero) is 1. The standard InChI is InChI=1S/C30H36BrN3O4/c1-18(2)15-23(32-27(36)19-9-11-21(12-10-19)30(3,4)5)29(38)33-14-13-24-26(33)25(35)17-34(24)28(37)20-7-6-8-22(31)16-20/h6-12,16,18,23-24,26H,13-15,17H2,1-5H3,(H,32,36)/t23-,24?,26?/m0/s1. The largest absolute Gasteiger partial charge is 0.340 e. The Balaban J connectivity index is 1.50. The van der Waals surface area contributed by atoms with E-state index in [-0.39, 0.29) is 47.4 Å². The van der Waals surface area contributed by atoms with E-state index in [0.29, 0.717) is 30.5 Å². The van der Waals surface area contributed by atoms with Gasteiger partial charge in [0, 0.05) is 22.1 Å². The minimum atomic E-state index is -0.758. The van der Waals surface area contributed by atoms with Gasteiger partial charge < -0.3 is 15.1 Å². The Hall–Kier alpha value is -3.00. The summed E-state index contributed by atoms with van der Waals surface area (Å²) in [5.74, 6) is -0.788. The zero-order valence-corrected chi connectivity index (χ0v) is 24.2. The zero-order valence-electron chi connectivity index (χ0n) is 22.7. The van der Waals surface area contributed by atoms with Crippen LogP contribution in [0.3, 0.4) is 0 Å². The lowest BCUT2D eigenvalue weighted by Crippen LogP contribution is -2.53. The summed E-state index contributed by atoms with van der Waals surface area (Å²) < 4.78 is 0.786. The van der Waals surface area contributed by atoms with Crippen LogP contribution in [0, 0.1) is 5.92 Å². The number of carbonyl (C=O) groups excluding carboxylic acids is 4.